The van der Waals surface area contributed by atoms with E-state index < -0.39 is 4.92 Å². The van der Waals surface area contributed by atoms with E-state index in [1.165, 1.54) is 18.5 Å². The molecule has 0 radical (unpaired) electrons. The predicted octanol–water partition coefficient (Wildman–Crippen LogP) is 2.58. The number of nitrogens with one attached hydrogen (secondary N) is 1. The average molecular weight is 276 g/mol. The molecular formula is C11H6ClN5O2. The highest BCUT2D eigenvalue weighted by molar-refractivity contribution is 6.28. The molecule has 8 heteroatoms. The Hall–Kier alpha value is -2.54. The third-order valence-electron chi connectivity index (χ3n) is 2.59. The summed E-state index contributed by atoms with van der Waals surface area (Å²) in [5.74, 6) is 0. The lowest BCUT2D eigenvalue weighted by Gasteiger charge is -2.02. The average Bonchev–Trinajstić information content (AvgIpc) is 2.85. The largest absolute Gasteiger partial charge is 0.341 e. The van der Waals surface area contributed by atoms with Crippen LogP contribution >= 0.6 is 11.6 Å². The van der Waals surface area contributed by atoms with Crippen LogP contribution in [0.1, 0.15) is 0 Å². The maximum absolute atomic E-state index is 10.8. The highest BCUT2D eigenvalue weighted by Crippen LogP contribution is 2.27. The van der Waals surface area contributed by atoms with Gasteiger partial charge in [0, 0.05) is 17.7 Å². The van der Waals surface area contributed by atoms with Gasteiger partial charge in [-0.3, -0.25) is 10.1 Å². The van der Waals surface area contributed by atoms with Gasteiger partial charge in [-0.1, -0.05) is 12.1 Å². The van der Waals surface area contributed by atoms with Crippen molar-refractivity contribution in [1.82, 2.24) is 19.9 Å². The van der Waals surface area contributed by atoms with E-state index in [-0.39, 0.29) is 11.0 Å². The van der Waals surface area contributed by atoms with E-state index in [0.717, 1.165) is 0 Å². The number of nitro groups is 1. The van der Waals surface area contributed by atoms with Crippen LogP contribution in [-0.4, -0.2) is 24.9 Å². The first-order valence-corrected chi connectivity index (χ1v) is 5.64. The Morgan fingerprint density at radius 3 is 2.95 bits per heavy atom. The first-order valence-electron chi connectivity index (χ1n) is 5.26. The van der Waals surface area contributed by atoms with E-state index >= 15 is 0 Å². The lowest BCUT2D eigenvalue weighted by Crippen LogP contribution is -1.92. The number of imidazole rings is 1. The second-order valence-electron chi connectivity index (χ2n) is 3.75. The number of fused-ring (bicyclic) bond motifs is 1. The van der Waals surface area contributed by atoms with Gasteiger partial charge in [-0.25, -0.2) is 9.97 Å². The van der Waals surface area contributed by atoms with Crippen LogP contribution in [0.25, 0.3) is 22.4 Å². The zero-order valence-electron chi connectivity index (χ0n) is 9.37. The molecule has 0 saturated carbocycles. The Kier molecular flexibility index (Phi) is 2.60. The van der Waals surface area contributed by atoms with E-state index in [4.69, 9.17) is 11.6 Å². The van der Waals surface area contributed by atoms with Crippen molar-refractivity contribution in [3.8, 4) is 11.3 Å². The van der Waals surface area contributed by atoms with Crippen molar-refractivity contribution in [3.63, 3.8) is 0 Å². The highest BCUT2D eigenvalue weighted by Gasteiger charge is 2.13. The van der Waals surface area contributed by atoms with Gasteiger partial charge >= 0.3 is 0 Å². The molecule has 0 unspecified atom stereocenters. The first kappa shape index (κ1) is 11.5. The van der Waals surface area contributed by atoms with Crippen LogP contribution in [0.3, 0.4) is 0 Å². The molecule has 0 aliphatic carbocycles. The van der Waals surface area contributed by atoms with Crippen molar-refractivity contribution >= 4 is 28.5 Å². The van der Waals surface area contributed by atoms with Crippen LogP contribution in [0.4, 0.5) is 5.69 Å². The number of hydrogen-bond donors (Lipinski definition) is 1. The number of nitrogens with zero attached hydrogens (tertiary/aromatic N) is 4. The molecule has 0 fully saturated rings. The predicted molar refractivity (Wildman–Crippen MR) is 68.8 cm³/mol. The van der Waals surface area contributed by atoms with E-state index in [2.05, 4.69) is 19.9 Å². The molecule has 0 atom stereocenters. The van der Waals surface area contributed by atoms with Crippen molar-refractivity contribution in [2.24, 2.45) is 0 Å². The van der Waals surface area contributed by atoms with E-state index in [0.29, 0.717) is 22.4 Å². The smallest absolute Gasteiger partial charge is 0.270 e. The lowest BCUT2D eigenvalue weighted by atomic mass is 10.1. The molecule has 0 saturated heterocycles. The number of hydrogen-bond acceptors (Lipinski definition) is 5. The van der Waals surface area contributed by atoms with Crippen LogP contribution in [0.15, 0.2) is 30.6 Å². The zero-order chi connectivity index (χ0) is 13.4. The summed E-state index contributed by atoms with van der Waals surface area (Å²) < 4.78 is 0. The normalized spacial score (nSPS) is 10.8. The Balaban J connectivity index is 2.26. The van der Waals surface area contributed by atoms with Gasteiger partial charge in [0.2, 0.25) is 5.28 Å². The monoisotopic (exact) mass is 275 g/mol. The number of aromatic nitrogens is 4. The highest BCUT2D eigenvalue weighted by atomic mass is 35.5. The molecule has 1 N–H and O–H groups in total. The van der Waals surface area contributed by atoms with Gasteiger partial charge in [0.1, 0.15) is 11.2 Å². The summed E-state index contributed by atoms with van der Waals surface area (Å²) in [5.41, 5.74) is 2.05. The minimum atomic E-state index is -0.462. The van der Waals surface area contributed by atoms with Crippen molar-refractivity contribution < 1.29 is 4.92 Å². The fraction of sp³-hybridized carbons (Fsp3) is 0. The van der Waals surface area contributed by atoms with Gasteiger partial charge in [-0.05, 0) is 11.6 Å². The molecule has 0 spiro atoms. The molecule has 1 aromatic carbocycles. The minimum Gasteiger partial charge on any atom is -0.341 e. The van der Waals surface area contributed by atoms with Crippen LogP contribution in [-0.2, 0) is 0 Å². The minimum absolute atomic E-state index is 0.0140. The van der Waals surface area contributed by atoms with Crippen molar-refractivity contribution in [2.45, 2.75) is 0 Å². The quantitative estimate of drug-likeness (QED) is 0.440. The molecule has 2 heterocycles. The van der Waals surface area contributed by atoms with Gasteiger partial charge in [0.15, 0.2) is 5.65 Å². The number of nitro benzene ring substituents is 1. The Labute approximate surface area is 111 Å². The van der Waals surface area contributed by atoms with Gasteiger partial charge < -0.3 is 4.98 Å². The number of halogens is 1. The molecule has 2 aromatic heterocycles. The van der Waals surface area contributed by atoms with Crippen LogP contribution < -0.4 is 0 Å². The Morgan fingerprint density at radius 2 is 2.16 bits per heavy atom. The molecule has 0 aliphatic heterocycles. The molecule has 0 aliphatic rings. The maximum atomic E-state index is 10.8. The summed E-state index contributed by atoms with van der Waals surface area (Å²) in [4.78, 5) is 25.3. The van der Waals surface area contributed by atoms with Crippen LogP contribution in [0.5, 0.6) is 0 Å². The molecule has 94 valence electrons. The number of aromatic amines is 1. The zero-order valence-corrected chi connectivity index (χ0v) is 10.1. The van der Waals surface area contributed by atoms with Crippen molar-refractivity contribution in [2.75, 3.05) is 0 Å². The Bertz CT molecular complexity index is 786. The van der Waals surface area contributed by atoms with E-state index in [1.54, 1.807) is 12.1 Å². The Morgan fingerprint density at radius 1 is 1.32 bits per heavy atom. The second-order valence-corrected chi connectivity index (χ2v) is 4.09. The van der Waals surface area contributed by atoms with Crippen LogP contribution in [0.2, 0.25) is 5.28 Å². The number of H-pyrrole nitrogens is 1. The molecule has 0 bridgehead atoms. The fourth-order valence-corrected chi connectivity index (χ4v) is 1.95. The first-order chi connectivity index (χ1) is 9.15. The van der Waals surface area contributed by atoms with E-state index in [1.807, 2.05) is 0 Å². The van der Waals surface area contributed by atoms with Gasteiger partial charge in [-0.15, -0.1) is 0 Å². The van der Waals surface area contributed by atoms with Gasteiger partial charge in [-0.2, -0.15) is 4.98 Å². The summed E-state index contributed by atoms with van der Waals surface area (Å²) >= 11 is 5.82. The number of non-ortho nitro benzene ring substituents is 1. The molecule has 3 rings (SSSR count). The third-order valence-corrected chi connectivity index (χ3v) is 2.76. The molecule has 7 nitrogen and oxygen atoms in total. The van der Waals surface area contributed by atoms with Crippen molar-refractivity contribution in [3.05, 3.63) is 46.0 Å². The summed E-state index contributed by atoms with van der Waals surface area (Å²) in [6.45, 7) is 0. The molecule has 3 aromatic rings. The SMILES string of the molecule is O=[N+]([O-])c1cccc(-c2nc(Cl)nc3nc[nH]c23)c1. The van der Waals surface area contributed by atoms with Crippen LogP contribution in [0, 0.1) is 10.1 Å². The standard InChI is InChI=1S/C11H6ClN5O2/c12-11-15-8(9-10(16-11)14-5-13-9)6-2-1-3-7(4-6)17(18)19/h1-5H,(H,13,14,15,16). The van der Waals surface area contributed by atoms with Crippen molar-refractivity contribution in [1.29, 1.82) is 0 Å². The summed E-state index contributed by atoms with van der Waals surface area (Å²) in [7, 11) is 0. The maximum Gasteiger partial charge on any atom is 0.270 e. The molecular weight excluding hydrogens is 270 g/mol. The summed E-state index contributed by atoms with van der Waals surface area (Å²) in [6, 6.07) is 6.15. The van der Waals surface area contributed by atoms with Gasteiger partial charge in [0.05, 0.1) is 11.3 Å². The lowest BCUT2D eigenvalue weighted by molar-refractivity contribution is -0.384. The fourth-order valence-electron chi connectivity index (χ4n) is 1.78. The molecule has 0 amide bonds. The number of benzene rings is 1. The number of rotatable bonds is 2. The summed E-state index contributed by atoms with van der Waals surface area (Å²) in [6.07, 6.45) is 1.47. The summed E-state index contributed by atoms with van der Waals surface area (Å²) in [5, 5.41) is 10.8. The third kappa shape index (κ3) is 2.00. The molecule has 19 heavy (non-hydrogen) atoms. The van der Waals surface area contributed by atoms with E-state index in [9.17, 15) is 10.1 Å². The topological polar surface area (TPSA) is 97.6 Å². The second kappa shape index (κ2) is 4.29. The van der Waals surface area contributed by atoms with Gasteiger partial charge in [0.25, 0.3) is 5.69 Å².